The Morgan fingerprint density at radius 1 is 1.26 bits per heavy atom. The maximum absolute atomic E-state index is 12.5. The number of amides is 2. The van der Waals surface area contributed by atoms with E-state index in [0.717, 1.165) is 24.2 Å². The van der Waals surface area contributed by atoms with Gasteiger partial charge in [0.05, 0.1) is 17.9 Å². The van der Waals surface area contributed by atoms with Gasteiger partial charge in [0, 0.05) is 38.4 Å². The molecule has 0 aromatic carbocycles. The maximum atomic E-state index is 12.5. The number of fused-ring (bicyclic) bond motifs is 1. The monoisotopic (exact) mass is 366 g/mol. The maximum Gasteiger partial charge on any atom is 0.289 e. The number of nitrogens with zero attached hydrogens (tertiary/aromatic N) is 3. The van der Waals surface area contributed by atoms with E-state index in [0.29, 0.717) is 31.8 Å². The van der Waals surface area contributed by atoms with E-state index in [1.165, 1.54) is 6.26 Å². The summed E-state index contributed by atoms with van der Waals surface area (Å²) in [7, 11) is 0. The van der Waals surface area contributed by atoms with E-state index in [1.54, 1.807) is 17.0 Å². The normalized spacial score (nSPS) is 17.2. The van der Waals surface area contributed by atoms with Crippen LogP contribution in [-0.4, -0.2) is 45.7 Å². The molecule has 27 heavy (non-hydrogen) atoms. The average molecular weight is 366 g/mol. The predicted molar refractivity (Wildman–Crippen MR) is 99.2 cm³/mol. The van der Waals surface area contributed by atoms with Crippen molar-refractivity contribution in [3.05, 3.63) is 60.4 Å². The molecule has 0 unspecified atom stereocenters. The number of aromatic nitrogens is 2. The number of hydrogen-bond acceptors (Lipinski definition) is 4. The third-order valence-corrected chi connectivity index (χ3v) is 4.91. The molecule has 1 N–H and O–H groups in total. The minimum atomic E-state index is -0.182. The highest BCUT2D eigenvalue weighted by atomic mass is 16.3. The Hall–Kier alpha value is -3.09. The lowest BCUT2D eigenvalue weighted by molar-refractivity contribution is -0.126. The molecule has 4 rings (SSSR count). The van der Waals surface area contributed by atoms with Crippen LogP contribution < -0.4 is 5.32 Å². The second-order valence-corrected chi connectivity index (χ2v) is 6.81. The van der Waals surface area contributed by atoms with Gasteiger partial charge < -0.3 is 19.0 Å². The van der Waals surface area contributed by atoms with Crippen molar-refractivity contribution in [2.45, 2.75) is 19.3 Å². The van der Waals surface area contributed by atoms with E-state index < -0.39 is 0 Å². The third kappa shape index (κ3) is 3.86. The zero-order valence-corrected chi connectivity index (χ0v) is 15.0. The lowest BCUT2D eigenvalue weighted by Crippen LogP contribution is -2.45. The van der Waals surface area contributed by atoms with Crippen molar-refractivity contribution in [1.29, 1.82) is 0 Å². The van der Waals surface area contributed by atoms with Crippen molar-refractivity contribution in [3.8, 4) is 0 Å². The molecule has 4 heterocycles. The topological polar surface area (TPSA) is 79.9 Å². The highest BCUT2D eigenvalue weighted by Crippen LogP contribution is 2.19. The first kappa shape index (κ1) is 17.3. The largest absolute Gasteiger partial charge is 0.459 e. The van der Waals surface area contributed by atoms with Crippen LogP contribution in [-0.2, 0) is 11.2 Å². The zero-order valence-electron chi connectivity index (χ0n) is 15.0. The number of carbonyl (C=O) groups excluding carboxylic acids is 2. The van der Waals surface area contributed by atoms with Crippen LogP contribution in [0.15, 0.2) is 53.4 Å². The number of rotatable bonds is 5. The molecule has 1 aliphatic rings. The van der Waals surface area contributed by atoms with Crippen molar-refractivity contribution >= 4 is 17.5 Å². The molecule has 7 nitrogen and oxygen atoms in total. The average Bonchev–Trinajstić information content (AvgIpc) is 3.37. The van der Waals surface area contributed by atoms with Gasteiger partial charge in [0.1, 0.15) is 5.65 Å². The fourth-order valence-corrected chi connectivity index (χ4v) is 3.50. The summed E-state index contributed by atoms with van der Waals surface area (Å²) in [5.74, 6) is -0.0143. The third-order valence-electron chi connectivity index (χ3n) is 4.91. The second kappa shape index (κ2) is 7.65. The molecule has 1 saturated heterocycles. The summed E-state index contributed by atoms with van der Waals surface area (Å²) in [6, 6.07) is 9.21. The van der Waals surface area contributed by atoms with Crippen LogP contribution in [0.1, 0.15) is 29.1 Å². The Morgan fingerprint density at radius 2 is 2.19 bits per heavy atom. The summed E-state index contributed by atoms with van der Waals surface area (Å²) in [5, 5.41) is 2.99. The van der Waals surface area contributed by atoms with Crippen molar-refractivity contribution in [1.82, 2.24) is 19.6 Å². The first-order valence-electron chi connectivity index (χ1n) is 9.24. The number of nitrogens with one attached hydrogen (secondary N) is 1. The summed E-state index contributed by atoms with van der Waals surface area (Å²) in [6.07, 6.45) is 7.71. The molecular formula is C20H22N4O3. The summed E-state index contributed by atoms with van der Waals surface area (Å²) >= 11 is 0. The summed E-state index contributed by atoms with van der Waals surface area (Å²) in [6.45, 7) is 1.62. The van der Waals surface area contributed by atoms with Crippen LogP contribution in [0.4, 0.5) is 0 Å². The van der Waals surface area contributed by atoms with Crippen LogP contribution in [0, 0.1) is 5.92 Å². The van der Waals surface area contributed by atoms with Crippen molar-refractivity contribution in [2.75, 3.05) is 19.6 Å². The highest BCUT2D eigenvalue weighted by molar-refractivity contribution is 5.92. The molecule has 0 aliphatic carbocycles. The minimum Gasteiger partial charge on any atom is -0.459 e. The van der Waals surface area contributed by atoms with Crippen LogP contribution in [0.5, 0.6) is 0 Å². The number of imidazole rings is 1. The fraction of sp³-hybridized carbons (Fsp3) is 0.350. The lowest BCUT2D eigenvalue weighted by Gasteiger charge is -2.31. The second-order valence-electron chi connectivity index (χ2n) is 6.81. The van der Waals surface area contributed by atoms with E-state index in [4.69, 9.17) is 4.42 Å². The number of furan rings is 1. The van der Waals surface area contributed by atoms with Crippen molar-refractivity contribution in [2.24, 2.45) is 5.92 Å². The number of pyridine rings is 1. The summed E-state index contributed by atoms with van der Waals surface area (Å²) in [5.41, 5.74) is 1.85. The molecular weight excluding hydrogens is 344 g/mol. The molecule has 1 atom stereocenters. The SMILES string of the molecule is O=C(NCCc1cn2ccccc2n1)[C@@H]1CCCN(C(=O)c2ccco2)C1. The Balaban J connectivity index is 1.29. The van der Waals surface area contributed by atoms with Crippen molar-refractivity contribution in [3.63, 3.8) is 0 Å². The van der Waals surface area contributed by atoms with Gasteiger partial charge in [-0.25, -0.2) is 4.98 Å². The van der Waals surface area contributed by atoms with Crippen LogP contribution in [0.25, 0.3) is 5.65 Å². The van der Waals surface area contributed by atoms with Gasteiger partial charge in [0.15, 0.2) is 5.76 Å². The molecule has 0 bridgehead atoms. The van der Waals surface area contributed by atoms with Crippen molar-refractivity contribution < 1.29 is 14.0 Å². The Labute approximate surface area is 157 Å². The van der Waals surface area contributed by atoms with Gasteiger partial charge in [0.2, 0.25) is 5.91 Å². The number of hydrogen-bond donors (Lipinski definition) is 1. The molecule has 2 amide bonds. The summed E-state index contributed by atoms with van der Waals surface area (Å²) in [4.78, 5) is 31.2. The van der Waals surface area contributed by atoms with Gasteiger partial charge in [-0.15, -0.1) is 0 Å². The van der Waals surface area contributed by atoms with Gasteiger partial charge in [-0.05, 0) is 37.1 Å². The minimum absolute atomic E-state index is 0.00397. The van der Waals surface area contributed by atoms with E-state index >= 15 is 0 Å². The van der Waals surface area contributed by atoms with Gasteiger partial charge in [-0.2, -0.15) is 0 Å². The van der Waals surface area contributed by atoms with Crippen LogP contribution in [0.3, 0.4) is 0 Å². The molecule has 0 spiro atoms. The molecule has 1 aliphatic heterocycles. The van der Waals surface area contributed by atoms with E-state index in [1.807, 2.05) is 35.0 Å². The number of piperidine rings is 1. The lowest BCUT2D eigenvalue weighted by atomic mass is 9.97. The fourth-order valence-electron chi connectivity index (χ4n) is 3.50. The smallest absolute Gasteiger partial charge is 0.289 e. The molecule has 140 valence electrons. The van der Waals surface area contributed by atoms with E-state index in [2.05, 4.69) is 10.3 Å². The van der Waals surface area contributed by atoms with E-state index in [9.17, 15) is 9.59 Å². The Kier molecular flexibility index (Phi) is 4.91. The summed E-state index contributed by atoms with van der Waals surface area (Å²) < 4.78 is 7.15. The van der Waals surface area contributed by atoms with Gasteiger partial charge in [-0.3, -0.25) is 9.59 Å². The molecule has 1 fully saturated rings. The first-order chi connectivity index (χ1) is 13.2. The molecule has 3 aromatic heterocycles. The quantitative estimate of drug-likeness (QED) is 0.750. The van der Waals surface area contributed by atoms with E-state index in [-0.39, 0.29) is 17.7 Å². The Morgan fingerprint density at radius 3 is 3.00 bits per heavy atom. The van der Waals surface area contributed by atoms with Gasteiger partial charge >= 0.3 is 0 Å². The standard InChI is InChI=1S/C20H22N4O3/c25-19(21-9-8-16-14-23-10-2-1-7-18(23)22-16)15-5-3-11-24(13-15)20(26)17-6-4-12-27-17/h1-2,4,6-7,10,12,14-15H,3,5,8-9,11,13H2,(H,21,25)/t15-/m1/s1. The number of likely N-dealkylation sites (tertiary alicyclic amines) is 1. The molecule has 0 radical (unpaired) electrons. The van der Waals surface area contributed by atoms with Gasteiger partial charge in [0.25, 0.3) is 5.91 Å². The Bertz CT molecular complexity index is 899. The molecule has 3 aromatic rings. The first-order valence-corrected chi connectivity index (χ1v) is 9.24. The predicted octanol–water partition coefficient (Wildman–Crippen LogP) is 2.14. The van der Waals surface area contributed by atoms with Crippen LogP contribution >= 0.6 is 0 Å². The number of carbonyl (C=O) groups is 2. The molecule has 7 heteroatoms. The van der Waals surface area contributed by atoms with Crippen LogP contribution in [0.2, 0.25) is 0 Å². The highest BCUT2D eigenvalue weighted by Gasteiger charge is 2.29. The van der Waals surface area contributed by atoms with Gasteiger partial charge in [-0.1, -0.05) is 6.07 Å². The zero-order chi connectivity index (χ0) is 18.6. The molecule has 0 saturated carbocycles.